The van der Waals surface area contributed by atoms with Gasteiger partial charge in [-0.15, -0.1) is 0 Å². The van der Waals surface area contributed by atoms with Gasteiger partial charge in [0.1, 0.15) is 6.33 Å². The lowest BCUT2D eigenvalue weighted by molar-refractivity contribution is -0.121. The number of carbonyl (C=O) groups is 1. The number of imidazole rings is 1. The van der Waals surface area contributed by atoms with Crippen LogP contribution in [-0.2, 0) is 10.2 Å². The molecule has 4 rings (SSSR count). The van der Waals surface area contributed by atoms with E-state index in [0.29, 0.717) is 16.7 Å². The largest absolute Gasteiger partial charge is 0.323 e. The van der Waals surface area contributed by atoms with E-state index in [1.165, 1.54) is 0 Å². The molecule has 0 saturated heterocycles. The van der Waals surface area contributed by atoms with Crippen LogP contribution in [0.3, 0.4) is 0 Å². The van der Waals surface area contributed by atoms with Crippen molar-refractivity contribution in [2.75, 3.05) is 5.32 Å². The maximum absolute atomic E-state index is 13.1. The molecule has 6 nitrogen and oxygen atoms in total. The molecule has 3 aromatic rings. The molecule has 7 heteroatoms. The van der Waals surface area contributed by atoms with Crippen molar-refractivity contribution >= 4 is 23.2 Å². The number of nitrogens with zero attached hydrogens (tertiary/aromatic N) is 4. The monoisotopic (exact) mass is 367 g/mol. The number of amides is 1. The standard InChI is InChI=1S/C19H18ClN5O/c20-15-5-3-14(4-6-15)19(7-1-2-8-19)17(26)24-16-11-22-18(23-12-16)25-10-9-21-13-25/h3-6,9-13H,1-2,7-8H2,(H,24,26). The van der Waals surface area contributed by atoms with Gasteiger partial charge in [-0.2, -0.15) is 0 Å². The van der Waals surface area contributed by atoms with E-state index in [-0.39, 0.29) is 5.91 Å². The zero-order valence-corrected chi connectivity index (χ0v) is 14.9. The van der Waals surface area contributed by atoms with Crippen LogP contribution in [0.2, 0.25) is 5.02 Å². The first-order chi connectivity index (χ1) is 12.7. The second-order valence-electron chi connectivity index (χ2n) is 6.49. The maximum atomic E-state index is 13.1. The van der Waals surface area contributed by atoms with Crippen molar-refractivity contribution in [1.29, 1.82) is 0 Å². The van der Waals surface area contributed by atoms with Gasteiger partial charge >= 0.3 is 0 Å². The van der Waals surface area contributed by atoms with Crippen LogP contribution in [0.15, 0.2) is 55.4 Å². The fraction of sp³-hybridized carbons (Fsp3) is 0.263. The minimum Gasteiger partial charge on any atom is -0.323 e. The van der Waals surface area contributed by atoms with Crippen LogP contribution in [0.1, 0.15) is 31.2 Å². The van der Waals surface area contributed by atoms with E-state index in [1.807, 2.05) is 24.3 Å². The summed E-state index contributed by atoms with van der Waals surface area (Å²) in [4.78, 5) is 25.7. The Balaban J connectivity index is 1.56. The smallest absolute Gasteiger partial charge is 0.235 e. The summed E-state index contributed by atoms with van der Waals surface area (Å²) >= 11 is 6.01. The normalized spacial score (nSPS) is 15.7. The second-order valence-corrected chi connectivity index (χ2v) is 6.93. The van der Waals surface area contributed by atoms with Gasteiger partial charge in [0.25, 0.3) is 0 Å². The van der Waals surface area contributed by atoms with Crippen molar-refractivity contribution in [3.05, 3.63) is 66.0 Å². The molecule has 1 amide bonds. The fourth-order valence-corrected chi connectivity index (χ4v) is 3.67. The van der Waals surface area contributed by atoms with Crippen molar-refractivity contribution in [2.45, 2.75) is 31.1 Å². The number of benzene rings is 1. The van der Waals surface area contributed by atoms with Crippen LogP contribution in [0.25, 0.3) is 5.95 Å². The van der Waals surface area contributed by atoms with Crippen molar-refractivity contribution in [1.82, 2.24) is 19.5 Å². The summed E-state index contributed by atoms with van der Waals surface area (Å²) < 4.78 is 1.71. The van der Waals surface area contributed by atoms with Gasteiger partial charge in [-0.1, -0.05) is 36.6 Å². The summed E-state index contributed by atoms with van der Waals surface area (Å²) in [6.45, 7) is 0. The summed E-state index contributed by atoms with van der Waals surface area (Å²) in [7, 11) is 0. The maximum Gasteiger partial charge on any atom is 0.235 e. The summed E-state index contributed by atoms with van der Waals surface area (Å²) in [6, 6.07) is 7.58. The van der Waals surface area contributed by atoms with Crippen molar-refractivity contribution in [3.8, 4) is 5.95 Å². The molecule has 0 unspecified atom stereocenters. The van der Waals surface area contributed by atoms with E-state index < -0.39 is 5.41 Å². The Morgan fingerprint density at radius 2 is 1.81 bits per heavy atom. The van der Waals surface area contributed by atoms with E-state index in [9.17, 15) is 4.79 Å². The summed E-state index contributed by atoms with van der Waals surface area (Å²) in [5, 5.41) is 3.66. The molecule has 1 fully saturated rings. The highest BCUT2D eigenvalue weighted by molar-refractivity contribution is 6.30. The van der Waals surface area contributed by atoms with Gasteiger partial charge in [0.2, 0.25) is 11.9 Å². The van der Waals surface area contributed by atoms with Crippen LogP contribution in [0.5, 0.6) is 0 Å². The number of aromatic nitrogens is 4. The van der Waals surface area contributed by atoms with Crippen molar-refractivity contribution in [2.24, 2.45) is 0 Å². The van der Waals surface area contributed by atoms with Gasteiger partial charge in [-0.05, 0) is 30.5 Å². The molecule has 132 valence electrons. The molecule has 26 heavy (non-hydrogen) atoms. The fourth-order valence-electron chi connectivity index (χ4n) is 3.54. The lowest BCUT2D eigenvalue weighted by Gasteiger charge is -2.28. The number of carbonyl (C=O) groups excluding carboxylic acids is 1. The zero-order valence-electron chi connectivity index (χ0n) is 14.1. The molecule has 1 aliphatic rings. The third-order valence-electron chi connectivity index (χ3n) is 4.92. The van der Waals surface area contributed by atoms with Crippen molar-refractivity contribution in [3.63, 3.8) is 0 Å². The van der Waals surface area contributed by atoms with Gasteiger partial charge < -0.3 is 5.32 Å². The van der Waals surface area contributed by atoms with Gasteiger partial charge in [-0.3, -0.25) is 9.36 Å². The third-order valence-corrected chi connectivity index (χ3v) is 5.17. The molecule has 0 aliphatic heterocycles. The van der Waals surface area contributed by atoms with Crippen LogP contribution in [-0.4, -0.2) is 25.4 Å². The van der Waals surface area contributed by atoms with Crippen molar-refractivity contribution < 1.29 is 4.79 Å². The highest BCUT2D eigenvalue weighted by atomic mass is 35.5. The minimum atomic E-state index is -0.520. The second kappa shape index (κ2) is 6.88. The van der Waals surface area contributed by atoms with Gasteiger partial charge in [0.05, 0.1) is 23.5 Å². The molecule has 1 aromatic carbocycles. The van der Waals surface area contributed by atoms with E-state index in [0.717, 1.165) is 31.2 Å². The van der Waals surface area contributed by atoms with E-state index in [1.54, 1.807) is 35.7 Å². The van der Waals surface area contributed by atoms with E-state index >= 15 is 0 Å². The Hall–Kier alpha value is -2.73. The topological polar surface area (TPSA) is 72.7 Å². The summed E-state index contributed by atoms with van der Waals surface area (Å²) in [5.74, 6) is 0.491. The highest BCUT2D eigenvalue weighted by Gasteiger charge is 2.42. The molecule has 1 aliphatic carbocycles. The summed E-state index contributed by atoms with van der Waals surface area (Å²) in [6.07, 6.45) is 12.0. The quantitative estimate of drug-likeness (QED) is 0.761. The Labute approximate surface area is 156 Å². The Morgan fingerprint density at radius 3 is 2.42 bits per heavy atom. The molecule has 2 heterocycles. The first-order valence-corrected chi connectivity index (χ1v) is 8.93. The Bertz CT molecular complexity index is 885. The predicted octanol–water partition coefficient (Wildman–Crippen LogP) is 3.77. The van der Waals surface area contributed by atoms with E-state index in [2.05, 4.69) is 20.3 Å². The number of hydrogen-bond donors (Lipinski definition) is 1. The summed E-state index contributed by atoms with van der Waals surface area (Å²) in [5.41, 5.74) is 1.07. The molecular weight excluding hydrogens is 350 g/mol. The molecule has 0 radical (unpaired) electrons. The first-order valence-electron chi connectivity index (χ1n) is 8.55. The van der Waals surface area contributed by atoms with Gasteiger partial charge in [0, 0.05) is 17.4 Å². The average Bonchev–Trinajstić information content (AvgIpc) is 3.36. The number of anilines is 1. The van der Waals surface area contributed by atoms with E-state index in [4.69, 9.17) is 11.6 Å². The van der Waals surface area contributed by atoms with Gasteiger partial charge in [0.15, 0.2) is 0 Å². The molecule has 0 atom stereocenters. The molecule has 1 saturated carbocycles. The van der Waals surface area contributed by atoms with Crippen LogP contribution in [0.4, 0.5) is 5.69 Å². The average molecular weight is 368 g/mol. The number of rotatable bonds is 4. The molecular formula is C19H18ClN5O. The molecule has 2 aromatic heterocycles. The van der Waals surface area contributed by atoms with Gasteiger partial charge in [-0.25, -0.2) is 15.0 Å². The number of halogens is 1. The molecule has 1 N–H and O–H groups in total. The minimum absolute atomic E-state index is 0.0173. The third kappa shape index (κ3) is 3.08. The molecule has 0 spiro atoms. The first kappa shape index (κ1) is 16.7. The lowest BCUT2D eigenvalue weighted by atomic mass is 9.78. The highest BCUT2D eigenvalue weighted by Crippen LogP contribution is 2.42. The zero-order chi connectivity index (χ0) is 18.0. The SMILES string of the molecule is O=C(Nc1cnc(-n2ccnc2)nc1)C1(c2ccc(Cl)cc2)CCCC1. The van der Waals surface area contributed by atoms with Crippen LogP contribution < -0.4 is 5.32 Å². The van der Waals surface area contributed by atoms with Crippen LogP contribution >= 0.6 is 11.6 Å². The lowest BCUT2D eigenvalue weighted by Crippen LogP contribution is -2.38. The molecule has 0 bridgehead atoms. The Kier molecular flexibility index (Phi) is 4.42. The predicted molar refractivity (Wildman–Crippen MR) is 99.4 cm³/mol. The Morgan fingerprint density at radius 1 is 1.12 bits per heavy atom. The number of nitrogens with one attached hydrogen (secondary N) is 1. The number of hydrogen-bond acceptors (Lipinski definition) is 4. The van der Waals surface area contributed by atoms with Crippen LogP contribution in [0, 0.1) is 0 Å².